The first-order valence-corrected chi connectivity index (χ1v) is 24.4. The van der Waals surface area contributed by atoms with Gasteiger partial charge in [-0.1, -0.05) is 89.6 Å². The highest BCUT2D eigenvalue weighted by Gasteiger charge is 2.51. The molecule has 0 unspecified atom stereocenters. The number of aryl methyl sites for hydroxylation is 1. The standard InChI is InChI=1S/C45H66N2O7SSi/c1-32(2)56(33(3)4,34(5)6)54-44-28-47(55(48,49)40-19-10-35(7)11-20-40)27-43(45(44)39-17-14-37(15-18-39)30-51-29-36-12-13-36)53-31-38-16-21-42-41(26-38)46(23-25-52-42)22-9-24-50-8/h10-11,14-21,26,32-34,36,43-45H,9,12-13,22-25,27-31H2,1-8H3/t43-,44+,45+/m0/s1. The van der Waals surface area contributed by atoms with E-state index in [1.54, 1.807) is 23.5 Å². The van der Waals surface area contributed by atoms with Gasteiger partial charge in [-0.05, 0) is 89.7 Å². The van der Waals surface area contributed by atoms with Crippen molar-refractivity contribution >= 4 is 24.0 Å². The van der Waals surface area contributed by atoms with Crippen molar-refractivity contribution in [2.75, 3.05) is 58.0 Å². The highest BCUT2D eigenvalue weighted by atomic mass is 32.2. The van der Waals surface area contributed by atoms with Crippen LogP contribution in [0.1, 0.15) is 89.0 Å². The maximum absolute atomic E-state index is 14.6. The van der Waals surface area contributed by atoms with Crippen LogP contribution in [0, 0.1) is 12.8 Å². The molecule has 3 aliphatic rings. The van der Waals surface area contributed by atoms with Crippen molar-refractivity contribution in [3.63, 3.8) is 0 Å². The maximum atomic E-state index is 14.6. The Morgan fingerprint density at radius 2 is 1.50 bits per heavy atom. The first kappa shape index (κ1) is 42.8. The summed E-state index contributed by atoms with van der Waals surface area (Å²) in [6, 6.07) is 22.1. The summed E-state index contributed by atoms with van der Waals surface area (Å²) in [5.74, 6) is 1.38. The maximum Gasteiger partial charge on any atom is 0.243 e. The lowest BCUT2D eigenvalue weighted by molar-refractivity contribution is -0.0504. The van der Waals surface area contributed by atoms with Crippen LogP contribution in [-0.4, -0.2) is 86.4 Å². The Hall–Kier alpha value is -2.77. The van der Waals surface area contributed by atoms with Crippen LogP contribution in [0.4, 0.5) is 5.69 Å². The molecule has 0 bridgehead atoms. The van der Waals surface area contributed by atoms with Gasteiger partial charge < -0.3 is 28.3 Å². The fourth-order valence-electron chi connectivity index (χ4n) is 9.07. The fourth-order valence-corrected chi connectivity index (χ4v) is 16.1. The largest absolute Gasteiger partial charge is 0.490 e. The summed E-state index contributed by atoms with van der Waals surface area (Å²) >= 11 is 0. The average Bonchev–Trinajstić information content (AvgIpc) is 4.01. The number of anilines is 1. The third kappa shape index (κ3) is 9.90. The average molecular weight is 807 g/mol. The zero-order valence-electron chi connectivity index (χ0n) is 35.0. The molecule has 2 aliphatic heterocycles. The molecule has 56 heavy (non-hydrogen) atoms. The lowest BCUT2D eigenvalue weighted by Gasteiger charge is -2.50. The van der Waals surface area contributed by atoms with Crippen LogP contribution in [0.3, 0.4) is 0 Å². The summed E-state index contributed by atoms with van der Waals surface area (Å²) in [5.41, 5.74) is 6.27. The number of fused-ring (bicyclic) bond motifs is 1. The Morgan fingerprint density at radius 3 is 2.14 bits per heavy atom. The van der Waals surface area contributed by atoms with Crippen molar-refractivity contribution in [3.8, 4) is 5.75 Å². The van der Waals surface area contributed by atoms with Gasteiger partial charge in [0.15, 0.2) is 0 Å². The van der Waals surface area contributed by atoms with Crippen LogP contribution in [0.15, 0.2) is 71.6 Å². The van der Waals surface area contributed by atoms with E-state index in [4.69, 9.17) is 23.4 Å². The van der Waals surface area contributed by atoms with E-state index in [-0.39, 0.29) is 23.9 Å². The lowest BCUT2D eigenvalue weighted by atomic mass is 9.85. The smallest absolute Gasteiger partial charge is 0.243 e. The molecule has 11 heteroatoms. The third-order valence-electron chi connectivity index (χ3n) is 12.2. The second-order valence-corrected chi connectivity index (χ2v) is 24.5. The number of benzene rings is 3. The SMILES string of the molecule is COCCCN1CCOc2ccc(CO[C@H]3CN(S(=O)(=O)c4ccc(C)cc4)C[C@@H](O[Si](C(C)C)(C(C)C)C(C)C)[C@@H]3c3ccc(COCC4CC4)cc3)cc21. The molecule has 1 aliphatic carbocycles. The van der Waals surface area contributed by atoms with Gasteiger partial charge in [-0.25, -0.2) is 8.42 Å². The Balaban J connectivity index is 1.37. The van der Waals surface area contributed by atoms with Crippen molar-refractivity contribution in [2.45, 2.75) is 121 Å². The normalized spacial score (nSPS) is 20.8. The molecule has 0 amide bonds. The van der Waals surface area contributed by atoms with E-state index in [1.807, 2.05) is 25.1 Å². The van der Waals surface area contributed by atoms with Crippen LogP contribution in [0.25, 0.3) is 0 Å². The Kier molecular flexibility index (Phi) is 14.4. The molecule has 1 saturated heterocycles. The quantitative estimate of drug-likeness (QED) is 0.0877. The Labute approximate surface area is 338 Å². The molecule has 3 aromatic carbocycles. The van der Waals surface area contributed by atoms with E-state index in [1.165, 1.54) is 12.8 Å². The molecule has 1 saturated carbocycles. The second kappa shape index (κ2) is 18.9. The van der Waals surface area contributed by atoms with Crippen molar-refractivity contribution in [1.82, 2.24) is 4.31 Å². The molecule has 3 atom stereocenters. The van der Waals surface area contributed by atoms with E-state index in [0.717, 1.165) is 59.8 Å². The summed E-state index contributed by atoms with van der Waals surface area (Å²) < 4.78 is 62.8. The molecule has 0 spiro atoms. The topological polar surface area (TPSA) is 86.8 Å². The van der Waals surface area contributed by atoms with Crippen LogP contribution >= 0.6 is 0 Å². The van der Waals surface area contributed by atoms with E-state index >= 15 is 0 Å². The lowest BCUT2D eigenvalue weighted by Crippen LogP contribution is -2.59. The summed E-state index contributed by atoms with van der Waals surface area (Å²) in [6.07, 6.45) is 2.55. The zero-order valence-corrected chi connectivity index (χ0v) is 36.9. The number of hydrogen-bond donors (Lipinski definition) is 0. The van der Waals surface area contributed by atoms with Gasteiger partial charge in [0, 0.05) is 45.9 Å². The van der Waals surface area contributed by atoms with E-state index in [0.29, 0.717) is 49.0 Å². The highest BCUT2D eigenvalue weighted by Crippen LogP contribution is 2.47. The van der Waals surface area contributed by atoms with E-state index < -0.39 is 30.5 Å². The summed E-state index contributed by atoms with van der Waals surface area (Å²) in [7, 11) is -4.60. The van der Waals surface area contributed by atoms with Gasteiger partial charge in [0.05, 0.1) is 42.5 Å². The number of rotatable bonds is 19. The number of sulfonamides is 1. The molecular weight excluding hydrogens is 741 g/mol. The van der Waals surface area contributed by atoms with Crippen molar-refractivity contribution in [2.24, 2.45) is 5.92 Å². The van der Waals surface area contributed by atoms with Gasteiger partial charge in [-0.15, -0.1) is 0 Å². The number of nitrogens with zero attached hydrogens (tertiary/aromatic N) is 2. The van der Waals surface area contributed by atoms with Gasteiger partial charge in [0.2, 0.25) is 18.3 Å². The molecule has 2 heterocycles. The molecule has 6 rings (SSSR count). The Bertz CT molecular complexity index is 1790. The number of piperidine rings is 1. The van der Waals surface area contributed by atoms with E-state index in [2.05, 4.69) is 82.8 Å². The van der Waals surface area contributed by atoms with Gasteiger partial charge in [0.25, 0.3) is 0 Å². The fraction of sp³-hybridized carbons (Fsp3) is 0.600. The molecule has 308 valence electrons. The van der Waals surface area contributed by atoms with Gasteiger partial charge >= 0.3 is 0 Å². The summed E-state index contributed by atoms with van der Waals surface area (Å²) in [6.45, 7) is 20.9. The van der Waals surface area contributed by atoms with Crippen LogP contribution < -0.4 is 9.64 Å². The molecule has 0 N–H and O–H groups in total. The molecule has 3 aromatic rings. The number of methoxy groups -OCH3 is 1. The minimum Gasteiger partial charge on any atom is -0.490 e. The van der Waals surface area contributed by atoms with E-state index in [9.17, 15) is 8.42 Å². The first-order chi connectivity index (χ1) is 26.8. The molecule has 0 radical (unpaired) electrons. The number of ether oxygens (including phenoxy) is 4. The molecule has 2 fully saturated rings. The van der Waals surface area contributed by atoms with Gasteiger partial charge in [0.1, 0.15) is 12.4 Å². The summed E-state index contributed by atoms with van der Waals surface area (Å²) in [4.78, 5) is 2.65. The third-order valence-corrected chi connectivity index (χ3v) is 20.2. The van der Waals surface area contributed by atoms with Crippen LogP contribution in [0.5, 0.6) is 5.75 Å². The van der Waals surface area contributed by atoms with Gasteiger partial charge in [-0.3, -0.25) is 0 Å². The van der Waals surface area contributed by atoms with Crippen LogP contribution in [0.2, 0.25) is 16.6 Å². The minimum absolute atomic E-state index is 0.199. The van der Waals surface area contributed by atoms with Crippen LogP contribution in [-0.2, 0) is 41.9 Å². The predicted molar refractivity (Wildman–Crippen MR) is 227 cm³/mol. The number of hydrogen-bond acceptors (Lipinski definition) is 8. The molecule has 0 aromatic heterocycles. The highest BCUT2D eigenvalue weighted by molar-refractivity contribution is 7.89. The molecule has 9 nitrogen and oxygen atoms in total. The Morgan fingerprint density at radius 1 is 0.839 bits per heavy atom. The second-order valence-electron chi connectivity index (χ2n) is 17.2. The molecular formula is C45H66N2O7SSi. The predicted octanol–water partition coefficient (Wildman–Crippen LogP) is 9.09. The monoisotopic (exact) mass is 806 g/mol. The van der Waals surface area contributed by atoms with Crippen molar-refractivity contribution in [3.05, 3.63) is 89.0 Å². The zero-order chi connectivity index (χ0) is 40.0. The van der Waals surface area contributed by atoms with Crippen molar-refractivity contribution < 1.29 is 31.8 Å². The minimum atomic E-state index is -3.86. The summed E-state index contributed by atoms with van der Waals surface area (Å²) in [5, 5.41) is 0. The van der Waals surface area contributed by atoms with Crippen molar-refractivity contribution in [1.29, 1.82) is 0 Å². The van der Waals surface area contributed by atoms with Gasteiger partial charge in [-0.2, -0.15) is 4.31 Å². The first-order valence-electron chi connectivity index (χ1n) is 20.9.